The molecular weight excluding hydrogens is 294 g/mol. The third-order valence-corrected chi connectivity index (χ3v) is 3.92. The second-order valence-electron chi connectivity index (χ2n) is 4.31. The van der Waals surface area contributed by atoms with Crippen LogP contribution in [0.15, 0.2) is 35.7 Å². The lowest BCUT2D eigenvalue weighted by atomic mass is 10.1. The normalized spacial score (nSPS) is 13.4. The molecule has 0 atom stereocenters. The first-order valence-electron chi connectivity index (χ1n) is 5.98. The molecule has 3 rings (SSSR count). The van der Waals surface area contributed by atoms with Gasteiger partial charge in [-0.1, -0.05) is 12.1 Å². The van der Waals surface area contributed by atoms with Crippen LogP contribution in [0.5, 0.6) is 5.75 Å². The van der Waals surface area contributed by atoms with E-state index in [1.807, 2.05) is 0 Å². The van der Waals surface area contributed by atoms with E-state index >= 15 is 0 Å². The van der Waals surface area contributed by atoms with Crippen molar-refractivity contribution in [1.82, 2.24) is 4.90 Å². The van der Waals surface area contributed by atoms with Gasteiger partial charge in [0.15, 0.2) is 6.73 Å². The lowest BCUT2D eigenvalue weighted by molar-refractivity contribution is 0.0521. The van der Waals surface area contributed by atoms with Crippen molar-refractivity contribution in [1.29, 1.82) is 0 Å². The van der Waals surface area contributed by atoms with E-state index in [-0.39, 0.29) is 11.6 Å². The van der Waals surface area contributed by atoms with E-state index in [1.54, 1.807) is 24.3 Å². The zero-order valence-electron chi connectivity index (χ0n) is 10.6. The van der Waals surface area contributed by atoms with Gasteiger partial charge < -0.3 is 9.84 Å². The second-order valence-corrected chi connectivity index (χ2v) is 5.22. The Balaban J connectivity index is 1.73. The molecule has 2 amide bonds. The number of fused-ring (bicyclic) bond motifs is 1. The summed E-state index contributed by atoms with van der Waals surface area (Å²) in [6, 6.07) is 7.90. The number of hydrogen-bond donors (Lipinski definition) is 1. The van der Waals surface area contributed by atoms with E-state index < -0.39 is 17.8 Å². The first kappa shape index (κ1) is 13.3. The van der Waals surface area contributed by atoms with Crippen LogP contribution in [0.3, 0.4) is 0 Å². The molecule has 1 aliphatic heterocycles. The fourth-order valence-electron chi connectivity index (χ4n) is 2.00. The van der Waals surface area contributed by atoms with Crippen LogP contribution in [0.4, 0.5) is 0 Å². The molecule has 2 aromatic rings. The van der Waals surface area contributed by atoms with Gasteiger partial charge in [-0.05, 0) is 12.1 Å². The molecule has 1 N–H and O–H groups in total. The van der Waals surface area contributed by atoms with Gasteiger partial charge in [-0.15, -0.1) is 11.3 Å². The number of imide groups is 1. The van der Waals surface area contributed by atoms with Crippen LogP contribution < -0.4 is 4.74 Å². The molecule has 7 heteroatoms. The fourth-order valence-corrected chi connectivity index (χ4v) is 2.67. The third-order valence-electron chi connectivity index (χ3n) is 3.02. The summed E-state index contributed by atoms with van der Waals surface area (Å²) in [5.74, 6) is -1.56. The highest BCUT2D eigenvalue weighted by molar-refractivity contribution is 7.12. The zero-order valence-corrected chi connectivity index (χ0v) is 11.4. The molecule has 0 radical (unpaired) electrons. The largest absolute Gasteiger partial charge is 0.477 e. The lowest BCUT2D eigenvalue weighted by Gasteiger charge is -2.13. The smallest absolute Gasteiger partial charge is 0.346 e. The highest BCUT2D eigenvalue weighted by Crippen LogP contribution is 2.25. The second kappa shape index (κ2) is 5.02. The van der Waals surface area contributed by atoms with E-state index in [4.69, 9.17) is 9.84 Å². The maximum Gasteiger partial charge on any atom is 0.346 e. The van der Waals surface area contributed by atoms with E-state index in [9.17, 15) is 14.4 Å². The van der Waals surface area contributed by atoms with Gasteiger partial charge in [0, 0.05) is 11.4 Å². The third kappa shape index (κ3) is 2.27. The number of carbonyl (C=O) groups excluding carboxylic acids is 2. The average Bonchev–Trinajstić information content (AvgIpc) is 3.03. The van der Waals surface area contributed by atoms with Crippen molar-refractivity contribution in [3.05, 3.63) is 51.7 Å². The van der Waals surface area contributed by atoms with Gasteiger partial charge in [0.2, 0.25) is 0 Å². The molecule has 0 unspecified atom stereocenters. The molecule has 0 fully saturated rings. The number of nitrogens with zero attached hydrogens (tertiary/aromatic N) is 1. The zero-order chi connectivity index (χ0) is 15.0. The molecule has 1 aromatic heterocycles. The Labute approximate surface area is 123 Å². The van der Waals surface area contributed by atoms with Crippen molar-refractivity contribution in [2.45, 2.75) is 0 Å². The van der Waals surface area contributed by atoms with Crippen molar-refractivity contribution in [2.75, 3.05) is 6.73 Å². The summed E-state index contributed by atoms with van der Waals surface area (Å²) in [5.41, 5.74) is 0.699. The van der Waals surface area contributed by atoms with Crippen LogP contribution >= 0.6 is 11.3 Å². The molecule has 1 aromatic carbocycles. The first-order chi connectivity index (χ1) is 10.1. The predicted octanol–water partition coefficient (Wildman–Crippen LogP) is 2.08. The van der Waals surface area contributed by atoms with Crippen LogP contribution in [0.25, 0.3) is 0 Å². The Kier molecular flexibility index (Phi) is 3.19. The van der Waals surface area contributed by atoms with Gasteiger partial charge in [-0.3, -0.25) is 9.59 Å². The fraction of sp³-hybridized carbons (Fsp3) is 0.0714. The molecule has 1 aliphatic rings. The van der Waals surface area contributed by atoms with Gasteiger partial charge in [-0.2, -0.15) is 0 Å². The highest BCUT2D eigenvalue weighted by Gasteiger charge is 2.35. The Hall–Kier alpha value is -2.67. The molecular formula is C14H9NO5S. The van der Waals surface area contributed by atoms with Gasteiger partial charge in [-0.25, -0.2) is 9.69 Å². The first-order valence-corrected chi connectivity index (χ1v) is 6.86. The number of amides is 2. The van der Waals surface area contributed by atoms with Gasteiger partial charge in [0.05, 0.1) is 11.1 Å². The van der Waals surface area contributed by atoms with Crippen molar-refractivity contribution in [2.24, 2.45) is 0 Å². The number of ether oxygens (including phenoxy) is 1. The van der Waals surface area contributed by atoms with Crippen LogP contribution in [-0.2, 0) is 0 Å². The summed E-state index contributed by atoms with van der Waals surface area (Å²) in [7, 11) is 0. The predicted molar refractivity (Wildman–Crippen MR) is 73.7 cm³/mol. The summed E-state index contributed by atoms with van der Waals surface area (Å²) < 4.78 is 5.32. The Morgan fingerprint density at radius 2 is 1.81 bits per heavy atom. The van der Waals surface area contributed by atoms with E-state index in [0.717, 1.165) is 16.2 Å². The van der Waals surface area contributed by atoms with Gasteiger partial charge in [0.1, 0.15) is 10.6 Å². The van der Waals surface area contributed by atoms with Crippen LogP contribution in [0.1, 0.15) is 30.4 Å². The Bertz CT molecular complexity index is 716. The molecule has 21 heavy (non-hydrogen) atoms. The van der Waals surface area contributed by atoms with Crippen molar-refractivity contribution in [3.63, 3.8) is 0 Å². The van der Waals surface area contributed by atoms with E-state index in [1.165, 1.54) is 11.4 Å². The molecule has 0 saturated carbocycles. The molecule has 2 heterocycles. The molecule has 0 saturated heterocycles. The van der Waals surface area contributed by atoms with Gasteiger partial charge in [0.25, 0.3) is 11.8 Å². The maximum absolute atomic E-state index is 12.1. The Morgan fingerprint density at radius 1 is 1.19 bits per heavy atom. The van der Waals surface area contributed by atoms with Crippen LogP contribution in [0, 0.1) is 0 Å². The number of hydrogen-bond acceptors (Lipinski definition) is 5. The number of rotatable bonds is 4. The molecule has 0 bridgehead atoms. The van der Waals surface area contributed by atoms with E-state index in [2.05, 4.69) is 0 Å². The minimum Gasteiger partial charge on any atom is -0.477 e. The van der Waals surface area contributed by atoms with Crippen LogP contribution in [0.2, 0.25) is 0 Å². The average molecular weight is 303 g/mol. The Morgan fingerprint density at radius 3 is 2.33 bits per heavy atom. The summed E-state index contributed by atoms with van der Waals surface area (Å²) in [5, 5.41) is 10.3. The monoisotopic (exact) mass is 303 g/mol. The number of carboxylic acids is 1. The number of thiophene rings is 1. The quantitative estimate of drug-likeness (QED) is 0.874. The minimum atomic E-state index is -1.05. The summed E-state index contributed by atoms with van der Waals surface area (Å²) >= 11 is 1.02. The lowest BCUT2D eigenvalue weighted by Crippen LogP contribution is -2.33. The highest BCUT2D eigenvalue weighted by atomic mass is 32.1. The summed E-state index contributed by atoms with van der Waals surface area (Å²) in [6.07, 6.45) is 0. The number of benzene rings is 1. The van der Waals surface area contributed by atoms with Crippen LogP contribution in [-0.4, -0.2) is 34.5 Å². The van der Waals surface area contributed by atoms with Crippen molar-refractivity contribution < 1.29 is 24.2 Å². The summed E-state index contributed by atoms with van der Waals surface area (Å²) in [4.78, 5) is 36.0. The standard InChI is InChI=1S/C14H9NO5S/c16-12-9-3-1-2-4-10(9)13(17)15(12)7-20-8-5-11(14(18)19)21-6-8/h1-6H,7H2,(H,18,19). The van der Waals surface area contributed by atoms with Gasteiger partial charge >= 0.3 is 5.97 Å². The number of carbonyl (C=O) groups is 3. The molecule has 6 nitrogen and oxygen atoms in total. The van der Waals surface area contributed by atoms with Crippen molar-refractivity contribution in [3.8, 4) is 5.75 Å². The molecule has 0 spiro atoms. The minimum absolute atomic E-state index is 0.132. The molecule has 0 aliphatic carbocycles. The number of carboxylic acid groups (broad SMARTS) is 1. The SMILES string of the molecule is O=C(O)c1cc(OCN2C(=O)c3ccccc3C2=O)cs1. The van der Waals surface area contributed by atoms with Crippen molar-refractivity contribution >= 4 is 29.1 Å². The summed E-state index contributed by atoms with van der Waals surface area (Å²) in [6.45, 7) is -0.248. The van der Waals surface area contributed by atoms with E-state index in [0.29, 0.717) is 16.9 Å². The topological polar surface area (TPSA) is 83.9 Å². The number of aromatic carboxylic acids is 1. The maximum atomic E-state index is 12.1. The molecule has 106 valence electrons.